The zero-order valence-corrected chi connectivity index (χ0v) is 16.9. The number of carbonyl (C=O) groups excluding carboxylic acids is 1. The maximum atomic E-state index is 12.3. The molecular formula is C21H19BrN2O4. The molecule has 3 aromatic rings. The zero-order chi connectivity index (χ0) is 19.5. The van der Waals surface area contributed by atoms with Crippen molar-refractivity contribution >= 4 is 38.4 Å². The summed E-state index contributed by atoms with van der Waals surface area (Å²) < 4.78 is 17.8. The number of benzene rings is 2. The summed E-state index contributed by atoms with van der Waals surface area (Å²) in [6.07, 6.45) is 1.50. The van der Waals surface area contributed by atoms with Crippen LogP contribution in [0.5, 0.6) is 11.5 Å². The first-order valence-electron chi connectivity index (χ1n) is 8.88. The van der Waals surface area contributed by atoms with E-state index in [0.717, 1.165) is 26.8 Å². The summed E-state index contributed by atoms with van der Waals surface area (Å²) in [7, 11) is 1.61. The SMILES string of the molecule is COc1ccc(N2CC(COc3ccc(Br)c4cccnc34)OCC2=O)cc1. The predicted molar refractivity (Wildman–Crippen MR) is 110 cm³/mol. The molecule has 1 aliphatic rings. The molecule has 1 aliphatic heterocycles. The monoisotopic (exact) mass is 442 g/mol. The van der Waals surface area contributed by atoms with E-state index in [-0.39, 0.29) is 18.6 Å². The van der Waals surface area contributed by atoms with Crippen LogP contribution < -0.4 is 14.4 Å². The van der Waals surface area contributed by atoms with Gasteiger partial charge in [-0.3, -0.25) is 9.78 Å². The van der Waals surface area contributed by atoms with Gasteiger partial charge in [0, 0.05) is 21.7 Å². The lowest BCUT2D eigenvalue weighted by molar-refractivity contribution is -0.130. The van der Waals surface area contributed by atoms with Gasteiger partial charge in [0.05, 0.1) is 13.7 Å². The van der Waals surface area contributed by atoms with E-state index < -0.39 is 0 Å². The van der Waals surface area contributed by atoms with Crippen LogP contribution in [0.15, 0.2) is 59.2 Å². The van der Waals surface area contributed by atoms with Crippen LogP contribution >= 0.6 is 15.9 Å². The third kappa shape index (κ3) is 3.81. The maximum absolute atomic E-state index is 12.3. The van der Waals surface area contributed by atoms with E-state index >= 15 is 0 Å². The molecule has 7 heteroatoms. The number of halogens is 1. The Morgan fingerprint density at radius 2 is 2.04 bits per heavy atom. The number of pyridine rings is 1. The van der Waals surface area contributed by atoms with Crippen molar-refractivity contribution in [3.63, 3.8) is 0 Å². The molecule has 2 aromatic carbocycles. The van der Waals surface area contributed by atoms with Crippen LogP contribution in [0.1, 0.15) is 0 Å². The minimum Gasteiger partial charge on any atom is -0.497 e. The Morgan fingerprint density at radius 1 is 1.21 bits per heavy atom. The van der Waals surface area contributed by atoms with Gasteiger partial charge in [-0.2, -0.15) is 0 Å². The van der Waals surface area contributed by atoms with Gasteiger partial charge in [0.15, 0.2) is 0 Å². The van der Waals surface area contributed by atoms with Crippen molar-refractivity contribution in [1.29, 1.82) is 0 Å². The van der Waals surface area contributed by atoms with Gasteiger partial charge in [-0.15, -0.1) is 0 Å². The van der Waals surface area contributed by atoms with Crippen molar-refractivity contribution < 1.29 is 19.0 Å². The first kappa shape index (κ1) is 18.7. The largest absolute Gasteiger partial charge is 0.497 e. The fourth-order valence-corrected chi connectivity index (χ4v) is 3.60. The number of rotatable bonds is 5. The standard InChI is InChI=1S/C21H19BrN2O4/c1-26-15-6-4-14(5-7-15)24-11-16(27-13-20(24)25)12-28-19-9-8-18(22)17-3-2-10-23-21(17)19/h2-10,16H,11-13H2,1H3. The molecule has 0 radical (unpaired) electrons. The second kappa shape index (κ2) is 8.16. The lowest BCUT2D eigenvalue weighted by atomic mass is 10.2. The highest BCUT2D eigenvalue weighted by molar-refractivity contribution is 9.10. The lowest BCUT2D eigenvalue weighted by Crippen LogP contribution is -2.48. The quantitative estimate of drug-likeness (QED) is 0.600. The number of ether oxygens (including phenoxy) is 3. The fraction of sp³-hybridized carbons (Fsp3) is 0.238. The summed E-state index contributed by atoms with van der Waals surface area (Å²) >= 11 is 3.54. The van der Waals surface area contributed by atoms with Crippen molar-refractivity contribution in [2.75, 3.05) is 31.8 Å². The number of fused-ring (bicyclic) bond motifs is 1. The summed E-state index contributed by atoms with van der Waals surface area (Å²) in [6, 6.07) is 15.1. The molecule has 1 aromatic heterocycles. The number of carbonyl (C=O) groups is 1. The number of hydrogen-bond donors (Lipinski definition) is 0. The molecule has 0 spiro atoms. The average molecular weight is 443 g/mol. The molecule has 1 unspecified atom stereocenters. The molecule has 28 heavy (non-hydrogen) atoms. The highest BCUT2D eigenvalue weighted by Crippen LogP contribution is 2.30. The Bertz CT molecular complexity index is 993. The number of methoxy groups -OCH3 is 1. The second-order valence-electron chi connectivity index (χ2n) is 6.39. The Hall–Kier alpha value is -2.64. The summed E-state index contributed by atoms with van der Waals surface area (Å²) in [6.45, 7) is 0.777. The molecule has 2 heterocycles. The molecule has 144 valence electrons. The van der Waals surface area contributed by atoms with Crippen molar-refractivity contribution in [2.24, 2.45) is 0 Å². The molecule has 6 nitrogen and oxygen atoms in total. The Morgan fingerprint density at radius 3 is 2.82 bits per heavy atom. The molecule has 0 saturated carbocycles. The Labute approximate surface area is 171 Å². The molecular weight excluding hydrogens is 424 g/mol. The van der Waals surface area contributed by atoms with Crippen LogP contribution in [0.25, 0.3) is 10.9 Å². The maximum Gasteiger partial charge on any atom is 0.253 e. The van der Waals surface area contributed by atoms with Crippen LogP contribution in [-0.4, -0.2) is 43.9 Å². The van der Waals surface area contributed by atoms with Gasteiger partial charge in [0.1, 0.15) is 36.3 Å². The van der Waals surface area contributed by atoms with Crippen LogP contribution in [0.4, 0.5) is 5.69 Å². The van der Waals surface area contributed by atoms with E-state index in [1.54, 1.807) is 18.2 Å². The van der Waals surface area contributed by atoms with Crippen LogP contribution in [0.3, 0.4) is 0 Å². The van der Waals surface area contributed by atoms with Gasteiger partial charge in [-0.05, 0) is 42.5 Å². The van der Waals surface area contributed by atoms with E-state index in [9.17, 15) is 4.79 Å². The Kier molecular flexibility index (Phi) is 5.45. The average Bonchev–Trinajstić information content (AvgIpc) is 2.74. The van der Waals surface area contributed by atoms with Gasteiger partial charge < -0.3 is 19.1 Å². The summed E-state index contributed by atoms with van der Waals surface area (Å²) in [5, 5.41) is 0.986. The molecule has 0 aliphatic carbocycles. The molecule has 0 N–H and O–H groups in total. The minimum absolute atomic E-state index is 0.0272. The molecule has 1 atom stereocenters. The third-order valence-electron chi connectivity index (χ3n) is 4.62. The van der Waals surface area contributed by atoms with E-state index in [1.807, 2.05) is 48.5 Å². The normalized spacial score (nSPS) is 17.0. The topological polar surface area (TPSA) is 60.9 Å². The van der Waals surface area contributed by atoms with Gasteiger partial charge in [0.2, 0.25) is 0 Å². The number of anilines is 1. The molecule has 1 saturated heterocycles. The fourth-order valence-electron chi connectivity index (χ4n) is 3.15. The second-order valence-corrected chi connectivity index (χ2v) is 7.25. The third-order valence-corrected chi connectivity index (χ3v) is 5.31. The van der Waals surface area contributed by atoms with Gasteiger partial charge in [0.25, 0.3) is 5.91 Å². The van der Waals surface area contributed by atoms with Crippen molar-refractivity contribution in [2.45, 2.75) is 6.10 Å². The van der Waals surface area contributed by atoms with E-state index in [1.165, 1.54) is 0 Å². The van der Waals surface area contributed by atoms with Gasteiger partial charge in [-0.25, -0.2) is 0 Å². The summed E-state index contributed by atoms with van der Waals surface area (Å²) in [4.78, 5) is 18.4. The van der Waals surface area contributed by atoms with E-state index in [4.69, 9.17) is 14.2 Å². The van der Waals surface area contributed by atoms with E-state index in [2.05, 4.69) is 20.9 Å². The van der Waals surface area contributed by atoms with Gasteiger partial charge in [-0.1, -0.05) is 22.0 Å². The minimum atomic E-state index is -0.234. The lowest BCUT2D eigenvalue weighted by Gasteiger charge is -2.32. The molecule has 0 bridgehead atoms. The first-order chi connectivity index (χ1) is 13.7. The summed E-state index contributed by atoms with van der Waals surface area (Å²) in [5.74, 6) is 1.37. The number of hydrogen-bond acceptors (Lipinski definition) is 5. The zero-order valence-electron chi connectivity index (χ0n) is 15.3. The number of nitrogens with zero attached hydrogens (tertiary/aromatic N) is 2. The number of morpholine rings is 1. The number of amides is 1. The van der Waals surface area contributed by atoms with Crippen molar-refractivity contribution in [3.8, 4) is 11.5 Å². The predicted octanol–water partition coefficient (Wildman–Crippen LogP) is 3.82. The number of aromatic nitrogens is 1. The molecule has 1 amide bonds. The summed E-state index contributed by atoms with van der Waals surface area (Å²) in [5.41, 5.74) is 1.60. The Balaban J connectivity index is 1.47. The van der Waals surface area contributed by atoms with Crippen LogP contribution in [-0.2, 0) is 9.53 Å². The van der Waals surface area contributed by atoms with Crippen LogP contribution in [0, 0.1) is 0 Å². The molecule has 1 fully saturated rings. The highest BCUT2D eigenvalue weighted by atomic mass is 79.9. The smallest absolute Gasteiger partial charge is 0.253 e. The van der Waals surface area contributed by atoms with E-state index in [0.29, 0.717) is 18.9 Å². The first-order valence-corrected chi connectivity index (χ1v) is 9.67. The van der Waals surface area contributed by atoms with Crippen molar-refractivity contribution in [3.05, 3.63) is 59.2 Å². The van der Waals surface area contributed by atoms with Crippen molar-refractivity contribution in [1.82, 2.24) is 4.98 Å². The van der Waals surface area contributed by atoms with Crippen LogP contribution in [0.2, 0.25) is 0 Å². The van der Waals surface area contributed by atoms with Gasteiger partial charge >= 0.3 is 0 Å². The highest BCUT2D eigenvalue weighted by Gasteiger charge is 2.28. The molecule has 4 rings (SSSR count).